The van der Waals surface area contributed by atoms with E-state index in [1.54, 1.807) is 6.92 Å². The number of benzene rings is 2. The Kier molecular flexibility index (Phi) is 8.90. The van der Waals surface area contributed by atoms with Crippen LogP contribution in [0.5, 0.6) is 5.75 Å². The Labute approximate surface area is 223 Å². The molecule has 1 aromatic heterocycles. The van der Waals surface area contributed by atoms with E-state index in [2.05, 4.69) is 4.98 Å². The summed E-state index contributed by atoms with van der Waals surface area (Å²) in [6.45, 7) is 3.28. The molecule has 1 aliphatic rings. The number of carboxylic acids is 1. The van der Waals surface area contributed by atoms with E-state index in [0.717, 1.165) is 48.5 Å². The van der Waals surface area contributed by atoms with Crippen molar-refractivity contribution in [2.45, 2.75) is 38.8 Å². The van der Waals surface area contributed by atoms with Crippen molar-refractivity contribution in [3.8, 4) is 17.2 Å². The predicted octanol–water partition coefficient (Wildman–Crippen LogP) is 1.19. The summed E-state index contributed by atoms with van der Waals surface area (Å²) in [5.41, 5.74) is 2.45. The predicted molar refractivity (Wildman–Crippen MR) is 117 cm³/mol. The molecule has 0 aliphatic carbocycles. The molecule has 0 spiro atoms. The number of fused-ring (bicyclic) bond motifs is 1. The smallest absolute Gasteiger partial charge is 0.550 e. The fourth-order valence-electron chi connectivity index (χ4n) is 4.11. The van der Waals surface area contributed by atoms with Gasteiger partial charge in [0.1, 0.15) is 11.5 Å². The van der Waals surface area contributed by atoms with Crippen LogP contribution < -0.4 is 44.3 Å². The number of aryl methyl sites for hydroxylation is 1. The van der Waals surface area contributed by atoms with Crippen LogP contribution in [0.1, 0.15) is 35.4 Å². The van der Waals surface area contributed by atoms with Crippen LogP contribution in [0.25, 0.3) is 11.5 Å². The van der Waals surface area contributed by atoms with Crippen LogP contribution in [-0.4, -0.2) is 30.6 Å². The molecule has 0 amide bonds. The average Bonchev–Trinajstić information content (AvgIpc) is 3.17. The minimum absolute atomic E-state index is 0. The summed E-state index contributed by atoms with van der Waals surface area (Å²) in [6, 6.07) is 10.4. The molecule has 2 aromatic carbocycles. The first-order valence-corrected chi connectivity index (χ1v) is 11.1. The number of hydrogen-bond donors (Lipinski definition) is 0. The summed E-state index contributed by atoms with van der Waals surface area (Å²) >= 11 is 0. The monoisotopic (exact) mass is 496 g/mol. The normalized spacial score (nSPS) is 13.2. The van der Waals surface area contributed by atoms with Crippen molar-refractivity contribution in [3.05, 3.63) is 65.0 Å². The van der Waals surface area contributed by atoms with Gasteiger partial charge in [-0.05, 0) is 56.2 Å². The molecule has 3 aromatic rings. The molecule has 0 fully saturated rings. The first kappa shape index (κ1) is 27.1. The van der Waals surface area contributed by atoms with E-state index in [4.69, 9.17) is 9.15 Å². The second-order valence-corrected chi connectivity index (χ2v) is 8.16. The number of hydrogen-bond acceptors (Lipinski definition) is 6. The molecule has 35 heavy (non-hydrogen) atoms. The van der Waals surface area contributed by atoms with Crippen LogP contribution in [0.4, 0.5) is 18.9 Å². The quantitative estimate of drug-likeness (QED) is 0.436. The fraction of sp³-hybridized carbons (Fsp3) is 0.360. The van der Waals surface area contributed by atoms with Gasteiger partial charge in [0.2, 0.25) is 5.89 Å². The molecule has 10 heteroatoms. The number of alkyl halides is 3. The molecule has 0 saturated heterocycles. The van der Waals surface area contributed by atoms with E-state index in [-0.39, 0.29) is 41.9 Å². The average molecular weight is 496 g/mol. The van der Waals surface area contributed by atoms with Gasteiger partial charge < -0.3 is 24.0 Å². The molecule has 180 valence electrons. The molecule has 0 atom stereocenters. The van der Waals surface area contributed by atoms with Gasteiger partial charge in [-0.15, -0.1) is 0 Å². The Balaban J connectivity index is 0.00000342. The number of carbonyl (C=O) groups is 1. The van der Waals surface area contributed by atoms with Crippen LogP contribution in [0, 0.1) is 6.92 Å². The van der Waals surface area contributed by atoms with Crippen molar-refractivity contribution in [2.24, 2.45) is 0 Å². The van der Waals surface area contributed by atoms with Crippen molar-refractivity contribution < 1.29 is 61.8 Å². The van der Waals surface area contributed by atoms with Crippen molar-refractivity contribution >= 4 is 11.7 Å². The van der Waals surface area contributed by atoms with Gasteiger partial charge in [0.25, 0.3) is 0 Å². The van der Waals surface area contributed by atoms with Crippen molar-refractivity contribution in [3.63, 3.8) is 0 Å². The van der Waals surface area contributed by atoms with E-state index in [9.17, 15) is 23.1 Å². The topological polar surface area (TPSA) is 78.6 Å². The molecule has 0 radical (unpaired) electrons. The number of oxazole rings is 1. The number of ether oxygens (including phenoxy) is 1. The van der Waals surface area contributed by atoms with Gasteiger partial charge in [-0.2, -0.15) is 13.2 Å². The van der Waals surface area contributed by atoms with E-state index >= 15 is 0 Å². The number of carbonyl (C=O) groups excluding carboxylic acids is 1. The number of anilines is 1. The zero-order valence-corrected chi connectivity index (χ0v) is 21.7. The molecule has 0 bridgehead atoms. The maximum Gasteiger partial charge on any atom is 1.00 e. The van der Waals surface area contributed by atoms with Crippen LogP contribution in [0.2, 0.25) is 0 Å². The Morgan fingerprint density at radius 2 is 1.94 bits per heavy atom. The largest absolute Gasteiger partial charge is 1.00 e. The summed E-state index contributed by atoms with van der Waals surface area (Å²) in [5, 5.41) is 10.9. The van der Waals surface area contributed by atoms with Crippen molar-refractivity contribution in [1.29, 1.82) is 0 Å². The molecule has 0 unspecified atom stereocenters. The third-order valence-electron chi connectivity index (χ3n) is 5.84. The van der Waals surface area contributed by atoms with E-state index in [0.29, 0.717) is 36.6 Å². The molecule has 0 saturated carbocycles. The Hall–Kier alpha value is -2.49. The number of nitrogens with zero attached hydrogens (tertiary/aromatic N) is 2. The molecule has 4 rings (SSSR count). The van der Waals surface area contributed by atoms with Crippen molar-refractivity contribution in [2.75, 3.05) is 24.6 Å². The third kappa shape index (κ3) is 6.59. The maximum atomic E-state index is 12.8. The van der Waals surface area contributed by atoms with E-state index < -0.39 is 17.7 Å². The SMILES string of the molecule is Cc1oc(-c2ccc(C(F)(F)F)cc2)nc1CCOc1cccc2c1CCCN2CCC(=O)[O-].[Na+]. The summed E-state index contributed by atoms with van der Waals surface area (Å²) < 4.78 is 50.1. The number of aliphatic carboxylic acids is 1. The van der Waals surface area contributed by atoms with Gasteiger partial charge in [0.05, 0.1) is 17.9 Å². The molecule has 1 aliphatic heterocycles. The van der Waals surface area contributed by atoms with Gasteiger partial charge in [0.15, 0.2) is 0 Å². The molecular formula is C25H24F3N2NaO4. The van der Waals surface area contributed by atoms with Crippen LogP contribution >= 0.6 is 0 Å². The summed E-state index contributed by atoms with van der Waals surface area (Å²) in [4.78, 5) is 17.3. The van der Waals surface area contributed by atoms with Gasteiger partial charge in [-0.3, -0.25) is 0 Å². The molecular weight excluding hydrogens is 472 g/mol. The number of aromatic nitrogens is 1. The minimum Gasteiger partial charge on any atom is -0.550 e. The fourth-order valence-corrected chi connectivity index (χ4v) is 4.11. The summed E-state index contributed by atoms with van der Waals surface area (Å²) in [5.74, 6) is 0.529. The zero-order chi connectivity index (χ0) is 24.3. The van der Waals surface area contributed by atoms with Crippen LogP contribution in [0.3, 0.4) is 0 Å². The maximum absolute atomic E-state index is 12.8. The molecule has 0 N–H and O–H groups in total. The minimum atomic E-state index is -4.39. The summed E-state index contributed by atoms with van der Waals surface area (Å²) in [6.07, 6.45) is -2.21. The Morgan fingerprint density at radius 1 is 1.20 bits per heavy atom. The third-order valence-corrected chi connectivity index (χ3v) is 5.84. The second-order valence-electron chi connectivity index (χ2n) is 8.16. The zero-order valence-electron chi connectivity index (χ0n) is 19.7. The Bertz CT molecular complexity index is 1160. The standard InChI is InChI=1S/C25H25F3N2O4.Na/c1-16-20(29-24(34-16)17-7-9-18(10-8-17)25(26,27)28)12-15-33-22-6-2-5-21-19(22)4-3-13-30(21)14-11-23(31)32;/h2,5-10H,3-4,11-15H2,1H3,(H,31,32);/q;+1/p-1. The van der Waals surface area contributed by atoms with Gasteiger partial charge in [0, 0.05) is 48.7 Å². The van der Waals surface area contributed by atoms with Crippen LogP contribution in [0.15, 0.2) is 46.9 Å². The number of halogens is 3. The molecule has 2 heterocycles. The number of carboxylic acid groups (broad SMARTS) is 1. The van der Waals surface area contributed by atoms with Crippen LogP contribution in [-0.2, 0) is 23.8 Å². The Morgan fingerprint density at radius 3 is 2.63 bits per heavy atom. The summed E-state index contributed by atoms with van der Waals surface area (Å²) in [7, 11) is 0. The number of rotatable bonds is 8. The molecule has 6 nitrogen and oxygen atoms in total. The van der Waals surface area contributed by atoms with Gasteiger partial charge in [-0.1, -0.05) is 6.07 Å². The van der Waals surface area contributed by atoms with Crippen molar-refractivity contribution in [1.82, 2.24) is 4.98 Å². The first-order chi connectivity index (χ1) is 16.2. The second kappa shape index (κ2) is 11.5. The van der Waals surface area contributed by atoms with Gasteiger partial charge in [-0.25, -0.2) is 4.98 Å². The van der Waals surface area contributed by atoms with E-state index in [1.807, 2.05) is 23.1 Å². The van der Waals surface area contributed by atoms with Gasteiger partial charge >= 0.3 is 35.7 Å². The van der Waals surface area contributed by atoms with E-state index in [1.165, 1.54) is 12.1 Å². The first-order valence-electron chi connectivity index (χ1n) is 11.1.